The van der Waals surface area contributed by atoms with Crippen LogP contribution in [0.4, 0.5) is 0 Å². The van der Waals surface area contributed by atoms with Crippen LogP contribution in [0.15, 0.2) is 60.9 Å². The highest BCUT2D eigenvalue weighted by molar-refractivity contribution is 6.31. The highest BCUT2D eigenvalue weighted by Gasteiger charge is 2.29. The summed E-state index contributed by atoms with van der Waals surface area (Å²) in [7, 11) is 1.68. The summed E-state index contributed by atoms with van der Waals surface area (Å²) in [4.78, 5) is 20.5. The van der Waals surface area contributed by atoms with Crippen LogP contribution in [-0.4, -0.2) is 39.6 Å². The fraction of sp³-hybridized carbons (Fsp3) is 0.250. The Labute approximate surface area is 214 Å². The summed E-state index contributed by atoms with van der Waals surface area (Å²) in [6, 6.07) is 14.6. The molecule has 2 aromatic carbocycles. The normalized spacial score (nSPS) is 15.2. The van der Waals surface area contributed by atoms with Crippen molar-refractivity contribution in [1.82, 2.24) is 20.3 Å². The summed E-state index contributed by atoms with van der Waals surface area (Å²) in [6.45, 7) is 1.60. The summed E-state index contributed by atoms with van der Waals surface area (Å²) in [6.07, 6.45) is 9.89. The molecule has 186 valence electrons. The van der Waals surface area contributed by atoms with E-state index < -0.39 is 5.91 Å². The quantitative estimate of drug-likeness (QED) is 0.139. The van der Waals surface area contributed by atoms with Crippen molar-refractivity contribution >= 4 is 34.5 Å². The van der Waals surface area contributed by atoms with Gasteiger partial charge in [-0.1, -0.05) is 29.8 Å². The lowest BCUT2D eigenvalue weighted by Gasteiger charge is -2.29. The number of rotatable bonds is 9. The third-order valence-corrected chi connectivity index (χ3v) is 7.33. The molecule has 2 heterocycles. The van der Waals surface area contributed by atoms with Crippen molar-refractivity contribution < 1.29 is 14.7 Å². The van der Waals surface area contributed by atoms with E-state index in [1.807, 2.05) is 30.5 Å². The number of benzene rings is 2. The molecule has 1 amide bonds. The molecule has 1 unspecified atom stereocenters. The second-order valence-corrected chi connectivity index (χ2v) is 9.48. The summed E-state index contributed by atoms with van der Waals surface area (Å²) < 4.78 is 5.36. The van der Waals surface area contributed by atoms with Gasteiger partial charge in [0.2, 0.25) is 0 Å². The number of carbonyl (C=O) groups excluding carboxylic acids is 1. The Morgan fingerprint density at radius 2 is 2.14 bits per heavy atom. The van der Waals surface area contributed by atoms with Gasteiger partial charge in [-0.25, -0.2) is 5.48 Å². The van der Waals surface area contributed by atoms with Crippen LogP contribution in [0.25, 0.3) is 17.0 Å². The second-order valence-electron chi connectivity index (χ2n) is 9.07. The zero-order valence-electron chi connectivity index (χ0n) is 20.1. The highest BCUT2D eigenvalue weighted by atomic mass is 35.5. The molecular weight excluding hydrogens is 476 g/mol. The first-order chi connectivity index (χ1) is 17.6. The van der Waals surface area contributed by atoms with Gasteiger partial charge in [0.25, 0.3) is 5.91 Å². The molecule has 0 spiro atoms. The van der Waals surface area contributed by atoms with Crippen LogP contribution < -0.4 is 10.2 Å². The van der Waals surface area contributed by atoms with Crippen LogP contribution in [0.2, 0.25) is 5.02 Å². The molecule has 0 bridgehead atoms. The number of aromatic nitrogens is 2. The number of fused-ring (bicyclic) bond motifs is 2. The minimum atomic E-state index is -0.543. The Morgan fingerprint density at radius 1 is 1.25 bits per heavy atom. The Morgan fingerprint density at radius 3 is 2.92 bits per heavy atom. The molecule has 0 saturated heterocycles. The number of hydroxylamine groups is 1. The van der Waals surface area contributed by atoms with Gasteiger partial charge in [0.1, 0.15) is 5.75 Å². The van der Waals surface area contributed by atoms with Crippen molar-refractivity contribution in [3.05, 3.63) is 93.9 Å². The van der Waals surface area contributed by atoms with Gasteiger partial charge in [0.05, 0.1) is 12.1 Å². The van der Waals surface area contributed by atoms with Gasteiger partial charge in [0, 0.05) is 60.3 Å². The van der Waals surface area contributed by atoms with E-state index >= 15 is 0 Å². The van der Waals surface area contributed by atoms with Gasteiger partial charge in [-0.2, -0.15) is 0 Å². The number of amides is 1. The maximum atomic E-state index is 11.3. The number of H-pyrrole nitrogens is 2. The molecular formula is C28H29ClN4O3. The zero-order valence-corrected chi connectivity index (χ0v) is 20.8. The van der Waals surface area contributed by atoms with Crippen molar-refractivity contribution in [3.8, 4) is 5.75 Å². The van der Waals surface area contributed by atoms with Crippen LogP contribution in [-0.2, 0) is 24.2 Å². The minimum absolute atomic E-state index is 0.267. The Kier molecular flexibility index (Phi) is 7.13. The molecule has 1 aliphatic rings. The number of ether oxygens (including phenoxy) is 1. The lowest BCUT2D eigenvalue weighted by molar-refractivity contribution is -0.124. The molecule has 1 aliphatic carbocycles. The van der Waals surface area contributed by atoms with Gasteiger partial charge in [-0.05, 0) is 65.8 Å². The fourth-order valence-corrected chi connectivity index (χ4v) is 5.30. The van der Waals surface area contributed by atoms with Crippen LogP contribution in [0, 0.1) is 0 Å². The van der Waals surface area contributed by atoms with E-state index in [1.165, 1.54) is 28.2 Å². The number of halogens is 1. The summed E-state index contributed by atoms with van der Waals surface area (Å²) in [5.41, 5.74) is 8.52. The number of carbonyl (C=O) groups is 1. The average molecular weight is 505 g/mol. The number of aromatic amines is 2. The Bertz CT molecular complexity index is 1410. The number of methoxy groups -OCH3 is 1. The van der Waals surface area contributed by atoms with Gasteiger partial charge in [-0.15, -0.1) is 0 Å². The third kappa shape index (κ3) is 5.04. The van der Waals surface area contributed by atoms with E-state index in [-0.39, 0.29) is 6.04 Å². The third-order valence-electron chi connectivity index (χ3n) is 6.97. The molecule has 0 saturated carbocycles. The van der Waals surface area contributed by atoms with E-state index in [2.05, 4.69) is 39.3 Å². The van der Waals surface area contributed by atoms with E-state index in [9.17, 15) is 4.79 Å². The number of nitrogens with zero attached hydrogens (tertiary/aromatic N) is 1. The molecule has 0 radical (unpaired) electrons. The number of hydrogen-bond acceptors (Lipinski definition) is 4. The van der Waals surface area contributed by atoms with Crippen molar-refractivity contribution in [3.63, 3.8) is 0 Å². The summed E-state index contributed by atoms with van der Waals surface area (Å²) in [5, 5.41) is 10.7. The van der Waals surface area contributed by atoms with Crippen molar-refractivity contribution in [1.29, 1.82) is 0 Å². The van der Waals surface area contributed by atoms with Crippen molar-refractivity contribution in [2.45, 2.75) is 31.8 Å². The first-order valence-corrected chi connectivity index (χ1v) is 12.4. The maximum absolute atomic E-state index is 11.3. The van der Waals surface area contributed by atoms with Gasteiger partial charge < -0.3 is 14.7 Å². The number of aryl methyl sites for hydroxylation is 1. The van der Waals surface area contributed by atoms with Gasteiger partial charge in [-0.3, -0.25) is 14.9 Å². The highest BCUT2D eigenvalue weighted by Crippen LogP contribution is 2.38. The van der Waals surface area contributed by atoms with E-state index in [0.717, 1.165) is 59.9 Å². The molecule has 1 atom stereocenters. The molecule has 4 N–H and O–H groups in total. The number of nitrogens with one attached hydrogen (secondary N) is 3. The first kappa shape index (κ1) is 24.2. The zero-order chi connectivity index (χ0) is 25.1. The maximum Gasteiger partial charge on any atom is 0.267 e. The molecule has 8 heteroatoms. The number of hydrogen-bond donors (Lipinski definition) is 4. The Balaban J connectivity index is 1.39. The van der Waals surface area contributed by atoms with Gasteiger partial charge >= 0.3 is 0 Å². The van der Waals surface area contributed by atoms with Crippen molar-refractivity contribution in [2.24, 2.45) is 0 Å². The summed E-state index contributed by atoms with van der Waals surface area (Å²) in [5.74, 6) is 0.297. The SMILES string of the molecule is COc1ccc2c(CCN(Cc3[nH]ccc3Cl)C3CCc4cc(/C=C/C(=O)NO)ccc43)c[nH]c2c1. The largest absolute Gasteiger partial charge is 0.497 e. The molecule has 0 fully saturated rings. The first-order valence-electron chi connectivity index (χ1n) is 12.0. The van der Waals surface area contributed by atoms with Crippen LogP contribution in [0.1, 0.15) is 40.4 Å². The lowest BCUT2D eigenvalue weighted by atomic mass is 10.0. The van der Waals surface area contributed by atoms with Crippen molar-refractivity contribution in [2.75, 3.05) is 13.7 Å². The summed E-state index contributed by atoms with van der Waals surface area (Å²) >= 11 is 6.46. The average Bonchev–Trinajstić information content (AvgIpc) is 3.62. The molecule has 5 rings (SSSR count). The van der Waals surface area contributed by atoms with Gasteiger partial charge in [0.15, 0.2) is 0 Å². The van der Waals surface area contributed by atoms with Crippen LogP contribution in [0.5, 0.6) is 5.75 Å². The smallest absolute Gasteiger partial charge is 0.267 e. The standard InChI is InChI=1S/C28H29ClN4O3/c1-36-21-5-7-22-20(16-31-25(22)15-21)11-13-33(17-26-24(29)10-12-30-26)27-8-4-19-14-18(2-6-23(19)27)3-9-28(34)32-35/h2-3,5-7,9-10,12,14-16,27,30-31,35H,4,8,11,13,17H2,1H3,(H,32,34)/b9-3+. The second kappa shape index (κ2) is 10.6. The monoisotopic (exact) mass is 504 g/mol. The minimum Gasteiger partial charge on any atom is -0.497 e. The van der Waals surface area contributed by atoms with Crippen LogP contribution in [0.3, 0.4) is 0 Å². The molecule has 7 nitrogen and oxygen atoms in total. The fourth-order valence-electron chi connectivity index (χ4n) is 5.12. The molecule has 2 aromatic heterocycles. The topological polar surface area (TPSA) is 93.4 Å². The van der Waals surface area contributed by atoms with Crippen LogP contribution >= 0.6 is 11.6 Å². The predicted molar refractivity (Wildman–Crippen MR) is 141 cm³/mol. The van der Waals surface area contributed by atoms with E-state index in [4.69, 9.17) is 21.5 Å². The molecule has 36 heavy (non-hydrogen) atoms. The Hall–Kier alpha value is -3.52. The predicted octanol–water partition coefficient (Wildman–Crippen LogP) is 5.41. The lowest BCUT2D eigenvalue weighted by Crippen LogP contribution is -2.29. The molecule has 0 aliphatic heterocycles. The molecule has 4 aromatic rings. The van der Waals surface area contributed by atoms with E-state index in [0.29, 0.717) is 0 Å². The van der Waals surface area contributed by atoms with E-state index in [1.54, 1.807) is 18.7 Å².